The molecule has 1 amide bonds. The molecule has 1 aromatic carbocycles. The van der Waals surface area contributed by atoms with Crippen LogP contribution in [0.2, 0.25) is 0 Å². The average molecular weight is 352 g/mol. The van der Waals surface area contributed by atoms with Gasteiger partial charge in [0.2, 0.25) is 5.91 Å². The van der Waals surface area contributed by atoms with E-state index < -0.39 is 5.97 Å². The maximum absolute atomic E-state index is 10.9. The van der Waals surface area contributed by atoms with Crippen molar-refractivity contribution < 1.29 is 19.4 Å². The van der Waals surface area contributed by atoms with E-state index in [-0.39, 0.29) is 19.1 Å². The molecule has 0 heterocycles. The molecule has 0 aliphatic rings. The van der Waals surface area contributed by atoms with E-state index >= 15 is 0 Å². The van der Waals surface area contributed by atoms with Crippen molar-refractivity contribution in [2.45, 2.75) is 40.5 Å². The highest BCUT2D eigenvalue weighted by Crippen LogP contribution is 2.07. The summed E-state index contributed by atoms with van der Waals surface area (Å²) >= 11 is 0. The zero-order valence-corrected chi connectivity index (χ0v) is 15.7. The maximum Gasteiger partial charge on any atom is 0.319 e. The lowest BCUT2D eigenvalue weighted by Gasteiger charge is -1.99. The minimum atomic E-state index is -0.434. The third kappa shape index (κ3) is 19.6. The molecule has 0 saturated carbocycles. The first-order valence-electron chi connectivity index (χ1n) is 8.46. The van der Waals surface area contributed by atoms with E-state index in [1.54, 1.807) is 18.2 Å². The van der Waals surface area contributed by atoms with Gasteiger partial charge in [-0.3, -0.25) is 9.59 Å². The summed E-state index contributed by atoms with van der Waals surface area (Å²) in [4.78, 5) is 21.4. The van der Waals surface area contributed by atoms with Gasteiger partial charge in [-0.25, -0.2) is 0 Å². The summed E-state index contributed by atoms with van der Waals surface area (Å²) in [5, 5.41) is 11.4. The number of nitrogens with two attached hydrogens (primary N) is 1. The third-order valence-corrected chi connectivity index (χ3v) is 2.37. The van der Waals surface area contributed by atoms with Crippen LogP contribution in [-0.4, -0.2) is 36.7 Å². The number of aromatic hydroxyl groups is 1. The summed E-state index contributed by atoms with van der Waals surface area (Å²) in [6, 6.07) is 7.09. The van der Waals surface area contributed by atoms with Gasteiger partial charge >= 0.3 is 5.97 Å². The highest BCUT2D eigenvalue weighted by Gasteiger charge is 1.96. The van der Waals surface area contributed by atoms with Gasteiger partial charge in [-0.15, -0.1) is 0 Å². The van der Waals surface area contributed by atoms with Gasteiger partial charge in [0.15, 0.2) is 0 Å². The first-order chi connectivity index (χ1) is 11.9. The molecule has 0 aliphatic heterocycles. The van der Waals surface area contributed by atoms with Gasteiger partial charge in [-0.1, -0.05) is 44.0 Å². The number of hydrogen-bond acceptors (Lipinski definition) is 5. The molecule has 142 valence electrons. The van der Waals surface area contributed by atoms with Crippen LogP contribution < -0.4 is 11.1 Å². The molecule has 0 aromatic heterocycles. The molecule has 0 saturated heterocycles. The van der Waals surface area contributed by atoms with Gasteiger partial charge in [0.05, 0.1) is 13.2 Å². The van der Waals surface area contributed by atoms with Crippen LogP contribution in [0.4, 0.5) is 0 Å². The summed E-state index contributed by atoms with van der Waals surface area (Å²) < 4.78 is 4.69. The van der Waals surface area contributed by atoms with Crippen LogP contribution in [0.5, 0.6) is 5.75 Å². The van der Waals surface area contributed by atoms with Gasteiger partial charge in [0, 0.05) is 13.0 Å². The quantitative estimate of drug-likeness (QED) is 0.415. The van der Waals surface area contributed by atoms with E-state index in [1.165, 1.54) is 18.1 Å². The molecule has 1 rings (SSSR count). The summed E-state index contributed by atoms with van der Waals surface area (Å²) in [6.45, 7) is 8.82. The molecule has 0 bridgehead atoms. The molecule has 0 aliphatic carbocycles. The van der Waals surface area contributed by atoms with Crippen LogP contribution in [0.25, 0.3) is 0 Å². The number of rotatable bonds is 6. The highest BCUT2D eigenvalue weighted by atomic mass is 16.5. The Hall–Kier alpha value is -2.34. The monoisotopic (exact) mass is 352 g/mol. The molecule has 0 fully saturated rings. The number of phenols is 1. The van der Waals surface area contributed by atoms with Crippen molar-refractivity contribution in [2.75, 3.05) is 19.7 Å². The lowest BCUT2D eigenvalue weighted by molar-refractivity contribution is -0.141. The first-order valence-corrected chi connectivity index (χ1v) is 8.46. The van der Waals surface area contributed by atoms with Gasteiger partial charge in [0.25, 0.3) is 0 Å². The van der Waals surface area contributed by atoms with E-state index in [0.29, 0.717) is 18.7 Å². The minimum Gasteiger partial charge on any atom is -0.508 e. The normalized spacial score (nSPS) is 9.32. The third-order valence-electron chi connectivity index (χ3n) is 2.37. The first kappa shape index (κ1) is 24.9. The molecule has 0 atom stereocenters. The number of carbonyl (C=O) groups is 2. The number of carbonyl (C=O) groups excluding carboxylic acids is 2. The van der Waals surface area contributed by atoms with Crippen molar-refractivity contribution in [3.8, 4) is 5.75 Å². The molecule has 0 spiro atoms. The number of phenolic OH excluding ortho intramolecular Hbond substituents is 1. The lowest BCUT2D eigenvalue weighted by atomic mass is 10.2. The Balaban J connectivity index is 0. The summed E-state index contributed by atoms with van der Waals surface area (Å²) in [5.74, 6) is -0.246. The van der Waals surface area contributed by atoms with Crippen molar-refractivity contribution in [1.29, 1.82) is 0 Å². The molecule has 6 nitrogen and oxygen atoms in total. The summed E-state index contributed by atoms with van der Waals surface area (Å²) in [7, 11) is 0. The molecule has 0 unspecified atom stereocenters. The summed E-state index contributed by atoms with van der Waals surface area (Å²) in [6.07, 6.45) is 4.83. The van der Waals surface area contributed by atoms with Gasteiger partial charge in [0.1, 0.15) is 5.75 Å². The number of ether oxygens (including phenoxy) is 1. The second-order valence-electron chi connectivity index (χ2n) is 5.05. The molecule has 25 heavy (non-hydrogen) atoms. The van der Waals surface area contributed by atoms with Crippen molar-refractivity contribution in [3.63, 3.8) is 0 Å². The zero-order chi connectivity index (χ0) is 19.5. The Labute approximate surface area is 151 Å². The Bertz CT molecular complexity index is 464. The van der Waals surface area contributed by atoms with Crippen molar-refractivity contribution in [1.82, 2.24) is 5.32 Å². The number of esters is 1. The Morgan fingerprint density at radius 2 is 1.76 bits per heavy atom. The largest absolute Gasteiger partial charge is 0.508 e. The molecular weight excluding hydrogens is 320 g/mol. The van der Waals surface area contributed by atoms with Crippen molar-refractivity contribution >= 4 is 11.9 Å². The zero-order valence-electron chi connectivity index (χ0n) is 15.7. The van der Waals surface area contributed by atoms with Crippen LogP contribution in [0.3, 0.4) is 0 Å². The number of aryl methyl sites for hydroxylation is 1. The number of benzene rings is 1. The van der Waals surface area contributed by atoms with E-state index in [1.807, 2.05) is 26.0 Å². The SMILES string of the molecule is CCC.CCNC(=O)/C=C/CCOC(=O)CN.Cc1ccc(O)cc1. The van der Waals surface area contributed by atoms with Crippen LogP contribution in [0.1, 0.15) is 39.2 Å². The highest BCUT2D eigenvalue weighted by molar-refractivity contribution is 5.87. The minimum absolute atomic E-state index is 0.111. The van der Waals surface area contributed by atoms with Crippen molar-refractivity contribution in [3.05, 3.63) is 42.0 Å². The van der Waals surface area contributed by atoms with E-state index in [9.17, 15) is 9.59 Å². The van der Waals surface area contributed by atoms with Crippen LogP contribution in [-0.2, 0) is 14.3 Å². The van der Waals surface area contributed by atoms with E-state index in [4.69, 9.17) is 10.8 Å². The van der Waals surface area contributed by atoms with Gasteiger partial charge in [-0.2, -0.15) is 0 Å². The standard InChI is InChI=1S/C9H16N2O3.C7H8O.C3H8/c1-2-11-8(12)5-3-4-6-14-9(13)7-10;1-6-2-4-7(8)5-3-6;1-3-2/h3,5H,2,4,6-7,10H2,1H3,(H,11,12);2-5,8H,1H3;3H2,1-2H3/b5-3+;;. The molecule has 6 heteroatoms. The predicted molar refractivity (Wildman–Crippen MR) is 101 cm³/mol. The maximum atomic E-state index is 10.9. The fourth-order valence-electron chi connectivity index (χ4n) is 1.27. The fourth-order valence-corrected chi connectivity index (χ4v) is 1.27. The number of nitrogens with one attached hydrogen (secondary N) is 1. The second kappa shape index (κ2) is 18.0. The lowest BCUT2D eigenvalue weighted by Crippen LogP contribution is -2.20. The number of amides is 1. The van der Waals surface area contributed by atoms with Crippen LogP contribution >= 0.6 is 0 Å². The molecule has 4 N–H and O–H groups in total. The number of likely N-dealkylation sites (N-methyl/N-ethyl adjacent to an activating group) is 1. The summed E-state index contributed by atoms with van der Waals surface area (Å²) in [5.41, 5.74) is 6.19. The Morgan fingerprint density at radius 3 is 2.20 bits per heavy atom. The average Bonchev–Trinajstić information content (AvgIpc) is 2.58. The molecular formula is C19H32N2O4. The van der Waals surface area contributed by atoms with Crippen LogP contribution in [0.15, 0.2) is 36.4 Å². The molecule has 1 aromatic rings. The topological polar surface area (TPSA) is 102 Å². The Kier molecular flexibility index (Phi) is 17.9. The van der Waals surface area contributed by atoms with E-state index in [2.05, 4.69) is 23.9 Å². The van der Waals surface area contributed by atoms with Crippen LogP contribution in [0, 0.1) is 6.92 Å². The van der Waals surface area contributed by atoms with Gasteiger partial charge in [-0.05, 0) is 32.1 Å². The smallest absolute Gasteiger partial charge is 0.319 e. The number of hydrogen-bond donors (Lipinski definition) is 3. The van der Waals surface area contributed by atoms with Crippen molar-refractivity contribution in [2.24, 2.45) is 5.73 Å². The second-order valence-corrected chi connectivity index (χ2v) is 5.05. The van der Waals surface area contributed by atoms with Gasteiger partial charge < -0.3 is 20.9 Å². The van der Waals surface area contributed by atoms with E-state index in [0.717, 1.165) is 0 Å². The predicted octanol–water partition coefficient (Wildman–Crippen LogP) is 2.69. The Morgan fingerprint density at radius 1 is 1.20 bits per heavy atom. The fraction of sp³-hybridized carbons (Fsp3) is 0.474. The molecule has 0 radical (unpaired) electrons.